The smallest absolute Gasteiger partial charge is 0.272 e. The first-order chi connectivity index (χ1) is 11.6. The van der Waals surface area contributed by atoms with Gasteiger partial charge in [-0.15, -0.1) is 0 Å². The highest BCUT2D eigenvalue weighted by Gasteiger charge is 2.06. The van der Waals surface area contributed by atoms with Gasteiger partial charge < -0.3 is 9.38 Å². The number of nitrogens with one attached hydrogen (secondary N) is 1. The second kappa shape index (κ2) is 9.50. The van der Waals surface area contributed by atoms with E-state index < -0.39 is 0 Å². The third-order valence-electron chi connectivity index (χ3n) is 3.38. The number of nitrogens with zero attached hydrogens (tertiary/aromatic N) is 1. The van der Waals surface area contributed by atoms with Gasteiger partial charge in [-0.05, 0) is 30.7 Å². The maximum atomic E-state index is 11.7. The normalized spacial score (nSPS) is 9.54. The van der Waals surface area contributed by atoms with Crippen LogP contribution < -0.4 is 5.56 Å². The van der Waals surface area contributed by atoms with Crippen LogP contribution in [-0.4, -0.2) is 15.2 Å². The van der Waals surface area contributed by atoms with E-state index in [1.807, 2.05) is 68.6 Å². The Hall–Kier alpha value is -2.62. The Kier molecular flexibility index (Phi) is 7.69. The maximum absolute atomic E-state index is 11.7. The number of fused-ring (bicyclic) bond motifs is 1. The zero-order chi connectivity index (χ0) is 18.1. The predicted octanol–water partition coefficient (Wildman–Crippen LogP) is 4.47. The number of hydrogen-bond acceptors (Lipinski definition) is 2. The molecule has 1 N–H and O–H groups in total. The molecule has 128 valence electrons. The van der Waals surface area contributed by atoms with Gasteiger partial charge in [-0.2, -0.15) is 0 Å². The van der Waals surface area contributed by atoms with Crippen molar-refractivity contribution >= 4 is 11.3 Å². The van der Waals surface area contributed by atoms with Crippen LogP contribution in [0.25, 0.3) is 5.52 Å². The minimum atomic E-state index is -0.101. The molecular formula is C20H26N2O2. The molecule has 0 unspecified atom stereocenters. The van der Waals surface area contributed by atoms with Crippen molar-refractivity contribution in [2.75, 3.05) is 0 Å². The molecular weight excluding hydrogens is 300 g/mol. The van der Waals surface area contributed by atoms with Crippen LogP contribution >= 0.6 is 0 Å². The summed E-state index contributed by atoms with van der Waals surface area (Å²) in [5.74, 6) is 0.0550. The zero-order valence-electron chi connectivity index (χ0n) is 15.1. The molecule has 0 saturated heterocycles. The highest BCUT2D eigenvalue weighted by atomic mass is 16.1. The molecule has 2 aromatic heterocycles. The highest BCUT2D eigenvalue weighted by molar-refractivity contribution is 5.94. The molecule has 0 spiro atoms. The molecule has 2 heterocycles. The molecule has 0 bridgehead atoms. The van der Waals surface area contributed by atoms with Gasteiger partial charge in [0, 0.05) is 30.1 Å². The van der Waals surface area contributed by atoms with E-state index in [-0.39, 0.29) is 11.3 Å². The van der Waals surface area contributed by atoms with E-state index in [4.69, 9.17) is 0 Å². The van der Waals surface area contributed by atoms with Crippen LogP contribution in [-0.2, 0) is 6.42 Å². The Morgan fingerprint density at radius 2 is 1.79 bits per heavy atom. The van der Waals surface area contributed by atoms with Crippen molar-refractivity contribution in [3.63, 3.8) is 0 Å². The average Bonchev–Trinajstić information content (AvgIpc) is 3.12. The van der Waals surface area contributed by atoms with Gasteiger partial charge >= 0.3 is 0 Å². The molecule has 3 rings (SSSR count). The van der Waals surface area contributed by atoms with Crippen LogP contribution in [0.4, 0.5) is 0 Å². The summed E-state index contributed by atoms with van der Waals surface area (Å²) in [6.45, 7) is 9.56. The molecule has 0 saturated carbocycles. The number of carbonyl (C=O) groups excluding carboxylic acids is 1. The Balaban J connectivity index is 0.000000671. The minimum Gasteiger partial charge on any atom is -0.326 e. The summed E-state index contributed by atoms with van der Waals surface area (Å²) in [6, 6.07) is 11.2. The molecule has 0 aliphatic carbocycles. The quantitative estimate of drug-likeness (QED) is 0.722. The summed E-state index contributed by atoms with van der Waals surface area (Å²) in [6.07, 6.45) is 4.24. The minimum absolute atomic E-state index is 0.0550. The van der Waals surface area contributed by atoms with Gasteiger partial charge in [0.2, 0.25) is 0 Å². The number of aromatic nitrogens is 2. The van der Waals surface area contributed by atoms with Crippen LogP contribution in [0.15, 0.2) is 53.6 Å². The molecule has 24 heavy (non-hydrogen) atoms. The lowest BCUT2D eigenvalue weighted by Gasteiger charge is -2.07. The Bertz CT molecular complexity index is 844. The van der Waals surface area contributed by atoms with Gasteiger partial charge in [0.15, 0.2) is 5.78 Å². The van der Waals surface area contributed by atoms with Crippen LogP contribution in [0.5, 0.6) is 0 Å². The number of benzene rings is 1. The van der Waals surface area contributed by atoms with E-state index in [2.05, 4.69) is 4.98 Å². The first kappa shape index (κ1) is 19.4. The standard InChI is InChI=1S/C16H14N2O2.2C2H6/c1-11(19)13-5-2-4-12(8-13)9-14-10-17-16(20)15-6-3-7-18(14)15;2*1-2/h2-8,10H,9H2,1H3,(H,17,20);2*1-2H3. The molecule has 0 amide bonds. The highest BCUT2D eigenvalue weighted by Crippen LogP contribution is 2.12. The molecule has 3 aromatic rings. The Labute approximate surface area is 143 Å². The molecule has 0 radical (unpaired) electrons. The number of hydrogen-bond donors (Lipinski definition) is 1. The topological polar surface area (TPSA) is 54.3 Å². The first-order valence-corrected chi connectivity index (χ1v) is 8.42. The van der Waals surface area contributed by atoms with E-state index >= 15 is 0 Å². The summed E-state index contributed by atoms with van der Waals surface area (Å²) in [5, 5.41) is 0. The van der Waals surface area contributed by atoms with E-state index in [1.54, 1.807) is 19.2 Å². The van der Waals surface area contributed by atoms with Crippen molar-refractivity contribution in [3.05, 3.63) is 76.0 Å². The summed E-state index contributed by atoms with van der Waals surface area (Å²) >= 11 is 0. The fraction of sp³-hybridized carbons (Fsp3) is 0.300. The number of ketones is 1. The van der Waals surface area contributed by atoms with Crippen LogP contribution in [0, 0.1) is 0 Å². The van der Waals surface area contributed by atoms with E-state index in [0.29, 0.717) is 17.5 Å². The number of aromatic amines is 1. The zero-order valence-corrected chi connectivity index (χ0v) is 15.1. The van der Waals surface area contributed by atoms with Gasteiger partial charge in [0.05, 0.1) is 0 Å². The van der Waals surface area contributed by atoms with Crippen molar-refractivity contribution in [1.82, 2.24) is 9.38 Å². The van der Waals surface area contributed by atoms with Crippen molar-refractivity contribution < 1.29 is 4.79 Å². The van der Waals surface area contributed by atoms with E-state index in [1.165, 1.54) is 0 Å². The average molecular weight is 326 g/mol. The van der Waals surface area contributed by atoms with E-state index in [9.17, 15) is 9.59 Å². The summed E-state index contributed by atoms with van der Waals surface area (Å²) in [7, 11) is 0. The monoisotopic (exact) mass is 326 g/mol. The third kappa shape index (κ3) is 4.44. The summed E-state index contributed by atoms with van der Waals surface area (Å²) in [4.78, 5) is 25.8. The third-order valence-corrected chi connectivity index (χ3v) is 3.38. The van der Waals surface area contributed by atoms with Gasteiger partial charge in [0.1, 0.15) is 5.52 Å². The number of carbonyl (C=O) groups is 1. The van der Waals surface area contributed by atoms with Crippen molar-refractivity contribution in [2.24, 2.45) is 0 Å². The maximum Gasteiger partial charge on any atom is 0.272 e. The van der Waals surface area contributed by atoms with E-state index in [0.717, 1.165) is 11.3 Å². The lowest BCUT2D eigenvalue weighted by Crippen LogP contribution is -2.11. The van der Waals surface area contributed by atoms with Crippen LogP contribution in [0.3, 0.4) is 0 Å². The molecule has 0 fully saturated rings. The molecule has 0 atom stereocenters. The lowest BCUT2D eigenvalue weighted by molar-refractivity contribution is 0.101. The molecule has 1 aromatic carbocycles. The number of H-pyrrole nitrogens is 1. The van der Waals surface area contributed by atoms with Crippen molar-refractivity contribution in [1.29, 1.82) is 0 Å². The first-order valence-electron chi connectivity index (χ1n) is 8.42. The molecule has 4 nitrogen and oxygen atoms in total. The number of Topliss-reactive ketones (excluding diaryl/α,β-unsaturated/α-hetero) is 1. The fourth-order valence-corrected chi connectivity index (χ4v) is 2.35. The van der Waals surface area contributed by atoms with Gasteiger partial charge in [-0.3, -0.25) is 9.59 Å². The van der Waals surface area contributed by atoms with Crippen molar-refractivity contribution in [3.8, 4) is 0 Å². The molecule has 0 aliphatic heterocycles. The Morgan fingerprint density at radius 1 is 1.08 bits per heavy atom. The van der Waals surface area contributed by atoms with Crippen LogP contribution in [0.2, 0.25) is 0 Å². The van der Waals surface area contributed by atoms with Gasteiger partial charge in [-0.1, -0.05) is 45.9 Å². The predicted molar refractivity (Wildman–Crippen MR) is 100.0 cm³/mol. The molecule has 4 heteroatoms. The summed E-state index contributed by atoms with van der Waals surface area (Å²) in [5.41, 5.74) is 3.25. The number of rotatable bonds is 3. The lowest BCUT2D eigenvalue weighted by atomic mass is 10.0. The molecule has 0 aliphatic rings. The van der Waals surface area contributed by atoms with Gasteiger partial charge in [-0.25, -0.2) is 0 Å². The Morgan fingerprint density at radius 3 is 2.46 bits per heavy atom. The second-order valence-electron chi connectivity index (χ2n) is 4.81. The fourth-order valence-electron chi connectivity index (χ4n) is 2.35. The summed E-state index contributed by atoms with van der Waals surface area (Å²) < 4.78 is 1.87. The van der Waals surface area contributed by atoms with Crippen molar-refractivity contribution in [2.45, 2.75) is 41.0 Å². The van der Waals surface area contributed by atoms with Crippen LogP contribution in [0.1, 0.15) is 56.2 Å². The SMILES string of the molecule is CC.CC.CC(=O)c1cccc(Cc2c[nH]c(=O)c3cccn23)c1. The second-order valence-corrected chi connectivity index (χ2v) is 4.81. The largest absolute Gasteiger partial charge is 0.326 e. The van der Waals surface area contributed by atoms with Gasteiger partial charge in [0.25, 0.3) is 5.56 Å².